The number of rotatable bonds is 7. The Morgan fingerprint density at radius 2 is 1.91 bits per heavy atom. The highest BCUT2D eigenvalue weighted by Gasteiger charge is 2.06. The summed E-state index contributed by atoms with van der Waals surface area (Å²) < 4.78 is 18.3. The molecular weight excluding hydrogens is 283 g/mol. The molecule has 2 rings (SSSR count). The highest BCUT2D eigenvalue weighted by molar-refractivity contribution is 5.93. The topological polar surface area (TPSA) is 50.4 Å². The second-order valence-electron chi connectivity index (χ2n) is 4.50. The Hall–Kier alpha value is -2.82. The molecule has 1 amide bonds. The minimum Gasteiger partial charge on any atom is -0.487 e. The van der Waals surface area contributed by atoms with Crippen LogP contribution >= 0.6 is 0 Å². The number of hydrogen-bond acceptors (Lipinski definition) is 3. The molecule has 114 valence electrons. The average molecular weight is 300 g/mol. The Morgan fingerprint density at radius 1 is 1.18 bits per heavy atom. The van der Waals surface area contributed by atoms with E-state index >= 15 is 0 Å². The summed E-state index contributed by atoms with van der Waals surface area (Å²) in [6.07, 6.45) is 1.65. The summed E-state index contributed by atoms with van der Waals surface area (Å²) in [4.78, 5) is 11.9. The van der Waals surface area contributed by atoms with Crippen LogP contribution in [0.4, 0.5) is 15.8 Å². The molecule has 0 bridgehead atoms. The van der Waals surface area contributed by atoms with Gasteiger partial charge in [0, 0.05) is 5.69 Å². The van der Waals surface area contributed by atoms with Crippen LogP contribution in [0.3, 0.4) is 0 Å². The Labute approximate surface area is 128 Å². The number of carbonyl (C=O) groups is 1. The summed E-state index contributed by atoms with van der Waals surface area (Å²) in [5.74, 6) is 0.0755. The van der Waals surface area contributed by atoms with E-state index in [1.165, 1.54) is 24.3 Å². The van der Waals surface area contributed by atoms with Crippen LogP contribution < -0.4 is 15.4 Å². The van der Waals surface area contributed by atoms with Crippen LogP contribution in [0.2, 0.25) is 0 Å². The predicted molar refractivity (Wildman–Crippen MR) is 85.7 cm³/mol. The van der Waals surface area contributed by atoms with Gasteiger partial charge in [-0.25, -0.2) is 4.39 Å². The standard InChI is InChI=1S/C17H17FN2O2/c1-2-11-22-16-6-4-3-5-15(16)19-12-17(21)20-14-9-7-13(18)8-10-14/h2-10,19H,1,11-12H2,(H,20,21). The van der Waals surface area contributed by atoms with Gasteiger partial charge in [-0.2, -0.15) is 0 Å². The van der Waals surface area contributed by atoms with Gasteiger partial charge in [0.2, 0.25) is 5.91 Å². The lowest BCUT2D eigenvalue weighted by Crippen LogP contribution is -2.22. The van der Waals surface area contributed by atoms with E-state index in [4.69, 9.17) is 4.74 Å². The molecule has 0 heterocycles. The average Bonchev–Trinajstić information content (AvgIpc) is 2.54. The van der Waals surface area contributed by atoms with Crippen LogP contribution in [0, 0.1) is 5.82 Å². The fraction of sp³-hybridized carbons (Fsp3) is 0.118. The quantitative estimate of drug-likeness (QED) is 0.770. The van der Waals surface area contributed by atoms with Crippen molar-refractivity contribution in [2.24, 2.45) is 0 Å². The summed E-state index contributed by atoms with van der Waals surface area (Å²) in [5.41, 5.74) is 1.27. The molecule has 0 aromatic heterocycles. The number of carbonyl (C=O) groups excluding carboxylic acids is 1. The number of hydrogen-bond donors (Lipinski definition) is 2. The van der Waals surface area contributed by atoms with Gasteiger partial charge in [0.15, 0.2) is 0 Å². The van der Waals surface area contributed by atoms with Crippen LogP contribution in [0.15, 0.2) is 61.2 Å². The van der Waals surface area contributed by atoms with E-state index in [9.17, 15) is 9.18 Å². The molecule has 0 saturated carbocycles. The van der Waals surface area contributed by atoms with Crippen LogP contribution in [-0.2, 0) is 4.79 Å². The minimum atomic E-state index is -0.343. The molecular formula is C17H17FN2O2. The van der Waals surface area contributed by atoms with E-state index in [0.29, 0.717) is 18.0 Å². The maximum Gasteiger partial charge on any atom is 0.243 e. The number of para-hydroxylation sites is 2. The lowest BCUT2D eigenvalue weighted by Gasteiger charge is -2.12. The smallest absolute Gasteiger partial charge is 0.243 e. The highest BCUT2D eigenvalue weighted by atomic mass is 19.1. The van der Waals surface area contributed by atoms with Crippen molar-refractivity contribution >= 4 is 17.3 Å². The van der Waals surface area contributed by atoms with Crippen molar-refractivity contribution in [1.29, 1.82) is 0 Å². The highest BCUT2D eigenvalue weighted by Crippen LogP contribution is 2.23. The van der Waals surface area contributed by atoms with E-state index in [2.05, 4.69) is 17.2 Å². The van der Waals surface area contributed by atoms with Crippen molar-refractivity contribution in [1.82, 2.24) is 0 Å². The third kappa shape index (κ3) is 4.63. The van der Waals surface area contributed by atoms with Gasteiger partial charge in [0.1, 0.15) is 18.2 Å². The number of nitrogens with one attached hydrogen (secondary N) is 2. The third-order valence-corrected chi connectivity index (χ3v) is 2.81. The van der Waals surface area contributed by atoms with Crippen molar-refractivity contribution < 1.29 is 13.9 Å². The fourth-order valence-electron chi connectivity index (χ4n) is 1.80. The van der Waals surface area contributed by atoms with Crippen molar-refractivity contribution in [2.75, 3.05) is 23.8 Å². The second-order valence-corrected chi connectivity index (χ2v) is 4.50. The second kappa shape index (κ2) is 7.83. The predicted octanol–water partition coefficient (Wildman–Crippen LogP) is 3.44. The van der Waals surface area contributed by atoms with Crippen LogP contribution in [0.5, 0.6) is 5.75 Å². The number of ether oxygens (including phenoxy) is 1. The zero-order valence-electron chi connectivity index (χ0n) is 12.0. The van der Waals surface area contributed by atoms with E-state index in [0.717, 1.165) is 5.69 Å². The molecule has 0 saturated heterocycles. The lowest BCUT2D eigenvalue weighted by molar-refractivity contribution is -0.114. The Balaban J connectivity index is 1.90. The van der Waals surface area contributed by atoms with E-state index in [1.807, 2.05) is 24.3 Å². The van der Waals surface area contributed by atoms with Crippen molar-refractivity contribution in [3.05, 3.63) is 67.0 Å². The molecule has 2 aromatic rings. The van der Waals surface area contributed by atoms with Gasteiger partial charge in [-0.1, -0.05) is 24.8 Å². The van der Waals surface area contributed by atoms with Gasteiger partial charge in [0.25, 0.3) is 0 Å². The number of anilines is 2. The molecule has 0 radical (unpaired) electrons. The third-order valence-electron chi connectivity index (χ3n) is 2.81. The lowest BCUT2D eigenvalue weighted by atomic mass is 10.3. The first-order chi connectivity index (χ1) is 10.7. The molecule has 0 fully saturated rings. The first kappa shape index (κ1) is 15.6. The summed E-state index contributed by atoms with van der Waals surface area (Å²) in [6.45, 7) is 4.06. The first-order valence-electron chi connectivity index (χ1n) is 6.81. The SMILES string of the molecule is C=CCOc1ccccc1NCC(=O)Nc1ccc(F)cc1. The van der Waals surface area contributed by atoms with Crippen molar-refractivity contribution in [3.63, 3.8) is 0 Å². The van der Waals surface area contributed by atoms with Gasteiger partial charge in [0.05, 0.1) is 12.2 Å². The van der Waals surface area contributed by atoms with Crippen molar-refractivity contribution in [3.8, 4) is 5.75 Å². The number of halogens is 1. The summed E-state index contributed by atoms with van der Waals surface area (Å²) >= 11 is 0. The molecule has 2 N–H and O–H groups in total. The molecule has 4 nitrogen and oxygen atoms in total. The Morgan fingerprint density at radius 3 is 2.64 bits per heavy atom. The van der Waals surface area contributed by atoms with Gasteiger partial charge in [-0.05, 0) is 36.4 Å². The molecule has 22 heavy (non-hydrogen) atoms. The normalized spacial score (nSPS) is 9.86. The summed E-state index contributed by atoms with van der Waals surface area (Å²) in [7, 11) is 0. The molecule has 0 atom stereocenters. The van der Waals surface area contributed by atoms with Crippen LogP contribution in [0.25, 0.3) is 0 Å². The minimum absolute atomic E-state index is 0.0752. The fourth-order valence-corrected chi connectivity index (χ4v) is 1.80. The zero-order valence-corrected chi connectivity index (χ0v) is 12.0. The molecule has 2 aromatic carbocycles. The molecule has 0 aliphatic carbocycles. The zero-order chi connectivity index (χ0) is 15.8. The van der Waals surface area contributed by atoms with Gasteiger partial charge in [-0.15, -0.1) is 0 Å². The van der Waals surface area contributed by atoms with Crippen LogP contribution in [0.1, 0.15) is 0 Å². The molecule has 0 aliphatic rings. The molecule has 5 heteroatoms. The molecule has 0 aliphatic heterocycles. The Bertz CT molecular complexity index is 641. The van der Waals surface area contributed by atoms with E-state index in [1.54, 1.807) is 6.08 Å². The van der Waals surface area contributed by atoms with E-state index in [-0.39, 0.29) is 18.3 Å². The maximum atomic E-state index is 12.8. The van der Waals surface area contributed by atoms with Gasteiger partial charge >= 0.3 is 0 Å². The summed E-state index contributed by atoms with van der Waals surface area (Å²) in [6, 6.07) is 12.9. The monoisotopic (exact) mass is 300 g/mol. The molecule has 0 unspecified atom stereocenters. The van der Waals surface area contributed by atoms with E-state index < -0.39 is 0 Å². The van der Waals surface area contributed by atoms with Crippen molar-refractivity contribution in [2.45, 2.75) is 0 Å². The Kier molecular flexibility index (Phi) is 5.54. The first-order valence-corrected chi connectivity index (χ1v) is 6.81. The van der Waals surface area contributed by atoms with Crippen LogP contribution in [-0.4, -0.2) is 19.1 Å². The van der Waals surface area contributed by atoms with Gasteiger partial charge in [-0.3, -0.25) is 4.79 Å². The largest absolute Gasteiger partial charge is 0.487 e. The maximum absolute atomic E-state index is 12.8. The number of amides is 1. The molecule has 0 spiro atoms. The number of benzene rings is 2. The van der Waals surface area contributed by atoms with Gasteiger partial charge < -0.3 is 15.4 Å². The summed E-state index contributed by atoms with van der Waals surface area (Å²) in [5, 5.41) is 5.69.